The number of rotatable bonds is 6. The molecule has 3 heterocycles. The molecule has 0 aliphatic carbocycles. The third-order valence-electron chi connectivity index (χ3n) is 4.57. The molecular formula is C18H21N5O3S2. The molecule has 2 aliphatic rings. The lowest BCUT2D eigenvalue weighted by molar-refractivity contribution is -0.121. The van der Waals surface area contributed by atoms with Crippen LogP contribution in [0.2, 0.25) is 0 Å². The predicted octanol–water partition coefficient (Wildman–Crippen LogP) is 2.59. The molecule has 2 atom stereocenters. The van der Waals surface area contributed by atoms with Crippen LogP contribution in [0.1, 0.15) is 19.8 Å². The van der Waals surface area contributed by atoms with E-state index in [1.54, 1.807) is 6.07 Å². The van der Waals surface area contributed by atoms with Gasteiger partial charge in [-0.05, 0) is 31.9 Å². The maximum atomic E-state index is 13.0. The fraction of sp³-hybridized carbons (Fsp3) is 0.444. The summed E-state index contributed by atoms with van der Waals surface area (Å²) in [6.07, 6.45) is 2.39. The molecule has 0 saturated carbocycles. The molecule has 0 radical (unpaired) electrons. The van der Waals surface area contributed by atoms with E-state index in [4.69, 9.17) is 4.74 Å². The van der Waals surface area contributed by atoms with Gasteiger partial charge in [-0.3, -0.25) is 14.5 Å². The van der Waals surface area contributed by atoms with Crippen molar-refractivity contribution in [3.8, 4) is 0 Å². The summed E-state index contributed by atoms with van der Waals surface area (Å²) in [7, 11) is 0. The van der Waals surface area contributed by atoms with Gasteiger partial charge in [0.25, 0.3) is 0 Å². The molecule has 4 rings (SSSR count). The summed E-state index contributed by atoms with van der Waals surface area (Å²) < 4.78 is 6.30. The zero-order valence-corrected chi connectivity index (χ0v) is 17.0. The van der Waals surface area contributed by atoms with Gasteiger partial charge in [0.05, 0.1) is 22.7 Å². The number of fused-ring (bicyclic) bond motifs is 1. The van der Waals surface area contributed by atoms with Crippen molar-refractivity contribution < 1.29 is 14.3 Å². The molecular weight excluding hydrogens is 398 g/mol. The van der Waals surface area contributed by atoms with Crippen LogP contribution in [0.4, 0.5) is 16.5 Å². The van der Waals surface area contributed by atoms with Crippen molar-refractivity contribution in [1.29, 1.82) is 0 Å². The van der Waals surface area contributed by atoms with Gasteiger partial charge in [-0.25, -0.2) is 0 Å². The molecule has 1 aromatic heterocycles. The molecule has 2 aliphatic heterocycles. The lowest BCUT2D eigenvalue weighted by atomic mass is 10.2. The van der Waals surface area contributed by atoms with Crippen molar-refractivity contribution in [2.75, 3.05) is 35.2 Å². The van der Waals surface area contributed by atoms with E-state index in [1.807, 2.05) is 25.1 Å². The molecule has 1 saturated heterocycles. The Bertz CT molecular complexity index is 868. The van der Waals surface area contributed by atoms with Crippen LogP contribution in [0.15, 0.2) is 28.6 Å². The Morgan fingerprint density at radius 3 is 3.14 bits per heavy atom. The van der Waals surface area contributed by atoms with Crippen molar-refractivity contribution in [1.82, 2.24) is 10.2 Å². The van der Waals surface area contributed by atoms with Crippen molar-refractivity contribution in [3.05, 3.63) is 24.3 Å². The van der Waals surface area contributed by atoms with Crippen molar-refractivity contribution >= 4 is 51.4 Å². The highest BCUT2D eigenvalue weighted by atomic mass is 32.2. The quantitative estimate of drug-likeness (QED) is 0.695. The Hall–Kier alpha value is -2.17. The van der Waals surface area contributed by atoms with Gasteiger partial charge in [0.1, 0.15) is 6.54 Å². The standard InChI is InChI=1S/C18H21N5O3S2/c1-11(16(25)23-10-15(24)20-13-6-2-3-7-14(13)23)27-18-22-21-17(28-18)19-9-12-5-4-8-26-12/h2-3,6-7,11-12H,4-5,8-10H2,1H3,(H,19,21)(H,20,24)/t11-,12+/m1/s1. The van der Waals surface area contributed by atoms with Crippen LogP contribution >= 0.6 is 23.1 Å². The number of benzene rings is 1. The van der Waals surface area contributed by atoms with Crippen LogP contribution in [0, 0.1) is 0 Å². The number of ether oxygens (including phenoxy) is 1. The van der Waals surface area contributed by atoms with Gasteiger partial charge in [0.15, 0.2) is 4.34 Å². The number of nitrogens with one attached hydrogen (secondary N) is 2. The number of hydrogen-bond donors (Lipinski definition) is 2. The number of amides is 2. The summed E-state index contributed by atoms with van der Waals surface area (Å²) in [4.78, 5) is 26.5. The Morgan fingerprint density at radius 2 is 2.32 bits per heavy atom. The van der Waals surface area contributed by atoms with Crippen LogP contribution in [-0.2, 0) is 14.3 Å². The second-order valence-electron chi connectivity index (χ2n) is 6.64. The summed E-state index contributed by atoms with van der Waals surface area (Å²) in [5.74, 6) is -0.322. The van der Waals surface area contributed by atoms with Gasteiger partial charge in [0.2, 0.25) is 16.9 Å². The minimum Gasteiger partial charge on any atom is -0.376 e. The average molecular weight is 420 g/mol. The van der Waals surface area contributed by atoms with Crippen molar-refractivity contribution in [3.63, 3.8) is 0 Å². The summed E-state index contributed by atoms with van der Waals surface area (Å²) in [5.41, 5.74) is 1.37. The van der Waals surface area contributed by atoms with E-state index in [1.165, 1.54) is 28.0 Å². The van der Waals surface area contributed by atoms with Gasteiger partial charge >= 0.3 is 0 Å². The largest absolute Gasteiger partial charge is 0.376 e. The van der Waals surface area contributed by atoms with E-state index in [0.717, 1.165) is 30.3 Å². The lowest BCUT2D eigenvalue weighted by Gasteiger charge is -2.30. The van der Waals surface area contributed by atoms with E-state index in [9.17, 15) is 9.59 Å². The van der Waals surface area contributed by atoms with Crippen molar-refractivity contribution in [2.24, 2.45) is 0 Å². The SMILES string of the molecule is C[C@@H](Sc1nnc(NC[C@@H]2CCCO2)s1)C(=O)N1CC(=O)Nc2ccccc21. The molecule has 2 amide bonds. The third kappa shape index (κ3) is 4.29. The summed E-state index contributed by atoms with van der Waals surface area (Å²) >= 11 is 2.77. The molecule has 28 heavy (non-hydrogen) atoms. The molecule has 0 unspecified atom stereocenters. The van der Waals surface area contributed by atoms with Crippen LogP contribution in [0.25, 0.3) is 0 Å². The highest BCUT2D eigenvalue weighted by Gasteiger charge is 2.30. The van der Waals surface area contributed by atoms with Gasteiger partial charge < -0.3 is 15.4 Å². The molecule has 8 nitrogen and oxygen atoms in total. The maximum Gasteiger partial charge on any atom is 0.244 e. The number of hydrogen-bond acceptors (Lipinski definition) is 8. The second kappa shape index (κ2) is 8.46. The topological polar surface area (TPSA) is 96.5 Å². The van der Waals surface area contributed by atoms with Gasteiger partial charge in [-0.15, -0.1) is 10.2 Å². The molecule has 0 spiro atoms. The van der Waals surface area contributed by atoms with Crippen LogP contribution in [0.3, 0.4) is 0 Å². The first-order valence-electron chi connectivity index (χ1n) is 9.16. The van der Waals surface area contributed by atoms with Crippen LogP contribution in [-0.4, -0.2) is 53.1 Å². The number of thioether (sulfide) groups is 1. The zero-order chi connectivity index (χ0) is 19.5. The lowest BCUT2D eigenvalue weighted by Crippen LogP contribution is -2.45. The molecule has 1 aromatic carbocycles. The van der Waals surface area contributed by atoms with E-state index in [-0.39, 0.29) is 24.5 Å². The summed E-state index contributed by atoms with van der Waals surface area (Å²) in [5, 5.41) is 14.7. The first-order valence-corrected chi connectivity index (χ1v) is 10.9. The molecule has 0 bridgehead atoms. The Kier molecular flexibility index (Phi) is 5.79. The average Bonchev–Trinajstić information content (AvgIpc) is 3.37. The first-order chi connectivity index (χ1) is 13.6. The second-order valence-corrected chi connectivity index (χ2v) is 9.20. The van der Waals surface area contributed by atoms with Gasteiger partial charge in [0, 0.05) is 13.2 Å². The maximum absolute atomic E-state index is 13.0. The highest BCUT2D eigenvalue weighted by Crippen LogP contribution is 2.34. The number of anilines is 3. The summed E-state index contributed by atoms with van der Waals surface area (Å²) in [6, 6.07) is 7.31. The minimum absolute atomic E-state index is 0.0189. The Balaban J connectivity index is 1.38. The minimum atomic E-state index is -0.391. The highest BCUT2D eigenvalue weighted by molar-refractivity contribution is 8.02. The third-order valence-corrected chi connectivity index (χ3v) is 6.63. The number of para-hydroxylation sites is 2. The molecule has 10 heteroatoms. The molecule has 2 aromatic rings. The van der Waals surface area contributed by atoms with Crippen LogP contribution in [0.5, 0.6) is 0 Å². The van der Waals surface area contributed by atoms with Crippen LogP contribution < -0.4 is 15.5 Å². The predicted molar refractivity (Wildman–Crippen MR) is 110 cm³/mol. The van der Waals surface area contributed by atoms with Crippen molar-refractivity contribution in [2.45, 2.75) is 35.5 Å². The first kappa shape index (κ1) is 19.2. The van der Waals surface area contributed by atoms with Gasteiger partial charge in [-0.2, -0.15) is 0 Å². The number of nitrogens with zero attached hydrogens (tertiary/aromatic N) is 3. The summed E-state index contributed by atoms with van der Waals surface area (Å²) in [6.45, 7) is 3.38. The monoisotopic (exact) mass is 419 g/mol. The van der Waals surface area contributed by atoms with E-state index in [2.05, 4.69) is 20.8 Å². The smallest absolute Gasteiger partial charge is 0.244 e. The molecule has 1 fully saturated rings. The Labute approximate surface area is 171 Å². The normalized spacial score (nSPS) is 19.8. The Morgan fingerprint density at radius 1 is 1.46 bits per heavy atom. The fourth-order valence-corrected chi connectivity index (χ4v) is 5.15. The number of carbonyl (C=O) groups excluding carboxylic acids is 2. The zero-order valence-electron chi connectivity index (χ0n) is 15.4. The molecule has 148 valence electrons. The van der Waals surface area contributed by atoms with E-state index in [0.29, 0.717) is 16.6 Å². The van der Waals surface area contributed by atoms with E-state index < -0.39 is 5.25 Å². The molecule has 2 N–H and O–H groups in total. The number of aromatic nitrogens is 2. The van der Waals surface area contributed by atoms with E-state index >= 15 is 0 Å². The number of carbonyl (C=O) groups is 2. The fourth-order valence-electron chi connectivity index (χ4n) is 3.19. The van der Waals surface area contributed by atoms with Gasteiger partial charge in [-0.1, -0.05) is 35.2 Å².